The van der Waals surface area contributed by atoms with Crippen LogP contribution in [0.25, 0.3) is 0 Å². The third-order valence-corrected chi connectivity index (χ3v) is 6.58. The highest BCUT2D eigenvalue weighted by molar-refractivity contribution is 4.90. The molecule has 1 aliphatic carbocycles. The minimum Gasteiger partial charge on any atom is -0.381 e. The van der Waals surface area contributed by atoms with E-state index in [0.29, 0.717) is 17.9 Å². The van der Waals surface area contributed by atoms with Crippen LogP contribution in [-0.2, 0) is 4.74 Å². The number of rotatable bonds is 9. The lowest BCUT2D eigenvalue weighted by atomic mass is 9.64. The Kier molecular flexibility index (Phi) is 9.15. The largest absolute Gasteiger partial charge is 0.381 e. The second-order valence-corrected chi connectivity index (χ2v) is 8.97. The molecular weight excluding hydrogens is 282 g/mol. The molecule has 0 saturated heterocycles. The van der Waals surface area contributed by atoms with E-state index in [-0.39, 0.29) is 0 Å². The van der Waals surface area contributed by atoms with E-state index in [9.17, 15) is 0 Å². The first-order valence-electron chi connectivity index (χ1n) is 10.0. The molecule has 4 unspecified atom stereocenters. The molecule has 1 fully saturated rings. The second-order valence-electron chi connectivity index (χ2n) is 8.97. The van der Waals surface area contributed by atoms with Crippen LogP contribution in [0, 0.1) is 41.4 Å². The number of hydrogen-bond donors (Lipinski definition) is 1. The van der Waals surface area contributed by atoms with Gasteiger partial charge in [0.15, 0.2) is 0 Å². The van der Waals surface area contributed by atoms with Gasteiger partial charge in [0.1, 0.15) is 0 Å². The van der Waals surface area contributed by atoms with Crippen molar-refractivity contribution in [3.8, 4) is 0 Å². The first kappa shape index (κ1) is 21.0. The normalized spacial score (nSPS) is 31.6. The third-order valence-electron chi connectivity index (χ3n) is 6.58. The fourth-order valence-electron chi connectivity index (χ4n) is 4.78. The van der Waals surface area contributed by atoms with Crippen LogP contribution in [0.5, 0.6) is 0 Å². The van der Waals surface area contributed by atoms with Gasteiger partial charge in [0, 0.05) is 7.11 Å². The standard InChI is InChI=1S/C21H43NO/c1-14(2)19-12-18(11-17(6)16(5)9-8-10-22)13-20(15(3)4)21(19)23-7/h14-21H,8-13,22H2,1-7H3. The molecule has 0 aromatic rings. The SMILES string of the molecule is COC1C(C(C)C)CC(CC(C)C(C)CCCN)CC1C(C)C. The lowest BCUT2D eigenvalue weighted by Crippen LogP contribution is -2.43. The van der Waals surface area contributed by atoms with Gasteiger partial charge < -0.3 is 10.5 Å². The van der Waals surface area contributed by atoms with Gasteiger partial charge in [0.25, 0.3) is 0 Å². The van der Waals surface area contributed by atoms with Crippen molar-refractivity contribution in [2.24, 2.45) is 47.2 Å². The highest BCUT2D eigenvalue weighted by Gasteiger charge is 2.40. The van der Waals surface area contributed by atoms with Crippen molar-refractivity contribution in [3.05, 3.63) is 0 Å². The molecule has 2 N–H and O–H groups in total. The van der Waals surface area contributed by atoms with Crippen molar-refractivity contribution in [2.75, 3.05) is 13.7 Å². The maximum Gasteiger partial charge on any atom is 0.0632 e. The van der Waals surface area contributed by atoms with Crippen molar-refractivity contribution in [1.82, 2.24) is 0 Å². The number of hydrogen-bond acceptors (Lipinski definition) is 2. The monoisotopic (exact) mass is 325 g/mol. The fraction of sp³-hybridized carbons (Fsp3) is 1.00. The van der Waals surface area contributed by atoms with Crippen LogP contribution >= 0.6 is 0 Å². The Balaban J connectivity index is 2.72. The van der Waals surface area contributed by atoms with Crippen LogP contribution in [-0.4, -0.2) is 19.8 Å². The smallest absolute Gasteiger partial charge is 0.0632 e. The minimum absolute atomic E-state index is 0.455. The molecule has 0 amide bonds. The molecular formula is C21H43NO. The molecule has 138 valence electrons. The van der Waals surface area contributed by atoms with Crippen molar-refractivity contribution in [1.29, 1.82) is 0 Å². The number of ether oxygens (including phenoxy) is 1. The summed E-state index contributed by atoms with van der Waals surface area (Å²) in [5.74, 6) is 5.36. The van der Waals surface area contributed by atoms with Crippen molar-refractivity contribution in [3.63, 3.8) is 0 Å². The van der Waals surface area contributed by atoms with Gasteiger partial charge in [-0.25, -0.2) is 0 Å². The molecule has 2 heteroatoms. The average Bonchev–Trinajstić information content (AvgIpc) is 2.51. The Bertz CT molecular complexity index is 297. The molecule has 0 spiro atoms. The highest BCUT2D eigenvalue weighted by atomic mass is 16.5. The molecule has 0 radical (unpaired) electrons. The Morgan fingerprint density at radius 2 is 1.43 bits per heavy atom. The van der Waals surface area contributed by atoms with Crippen molar-refractivity contribution >= 4 is 0 Å². The van der Waals surface area contributed by atoms with E-state index in [1.165, 1.54) is 32.1 Å². The van der Waals surface area contributed by atoms with Gasteiger partial charge in [0.2, 0.25) is 0 Å². The number of nitrogens with two attached hydrogens (primary N) is 1. The molecule has 0 bridgehead atoms. The summed E-state index contributed by atoms with van der Waals surface area (Å²) < 4.78 is 5.98. The summed E-state index contributed by atoms with van der Waals surface area (Å²) in [7, 11) is 1.92. The zero-order chi connectivity index (χ0) is 17.6. The summed E-state index contributed by atoms with van der Waals surface area (Å²) in [5.41, 5.74) is 5.68. The maximum absolute atomic E-state index is 5.98. The lowest BCUT2D eigenvalue weighted by Gasteiger charge is -2.45. The Morgan fingerprint density at radius 1 is 0.913 bits per heavy atom. The van der Waals surface area contributed by atoms with Crippen LogP contribution in [0.15, 0.2) is 0 Å². The van der Waals surface area contributed by atoms with Gasteiger partial charge in [-0.3, -0.25) is 0 Å². The van der Waals surface area contributed by atoms with Gasteiger partial charge in [0.05, 0.1) is 6.10 Å². The van der Waals surface area contributed by atoms with E-state index in [1.54, 1.807) is 0 Å². The fourth-order valence-corrected chi connectivity index (χ4v) is 4.78. The first-order valence-corrected chi connectivity index (χ1v) is 10.0. The summed E-state index contributed by atoms with van der Waals surface area (Å²) in [6.07, 6.45) is 7.00. The highest BCUT2D eigenvalue weighted by Crippen LogP contribution is 2.44. The van der Waals surface area contributed by atoms with Crippen LogP contribution in [0.2, 0.25) is 0 Å². The first-order chi connectivity index (χ1) is 10.8. The Morgan fingerprint density at radius 3 is 1.83 bits per heavy atom. The molecule has 0 heterocycles. The summed E-state index contributed by atoms with van der Waals surface area (Å²) >= 11 is 0. The maximum atomic E-state index is 5.98. The van der Waals surface area contributed by atoms with Crippen molar-refractivity contribution in [2.45, 2.75) is 79.8 Å². The molecule has 23 heavy (non-hydrogen) atoms. The van der Waals surface area contributed by atoms with Crippen LogP contribution in [0.3, 0.4) is 0 Å². The summed E-state index contributed by atoms with van der Waals surface area (Å²) in [6.45, 7) is 15.2. The van der Waals surface area contributed by atoms with Crippen LogP contribution in [0.4, 0.5) is 0 Å². The molecule has 4 atom stereocenters. The third kappa shape index (κ3) is 6.05. The van der Waals surface area contributed by atoms with Crippen molar-refractivity contribution < 1.29 is 4.74 Å². The van der Waals surface area contributed by atoms with Gasteiger partial charge in [-0.15, -0.1) is 0 Å². The molecule has 0 aromatic heterocycles. The molecule has 0 aliphatic heterocycles. The Hall–Kier alpha value is -0.0800. The topological polar surface area (TPSA) is 35.2 Å². The van der Waals surface area contributed by atoms with E-state index in [4.69, 9.17) is 10.5 Å². The second kappa shape index (κ2) is 10.0. The van der Waals surface area contributed by atoms with E-state index in [0.717, 1.165) is 36.1 Å². The molecule has 1 rings (SSSR count). The predicted molar refractivity (Wildman–Crippen MR) is 101 cm³/mol. The van der Waals surface area contributed by atoms with Gasteiger partial charge in [-0.2, -0.15) is 0 Å². The molecule has 1 aliphatic rings. The Labute approximate surface area is 145 Å². The van der Waals surface area contributed by atoms with Crippen LogP contribution < -0.4 is 5.73 Å². The summed E-state index contributed by atoms with van der Waals surface area (Å²) in [6, 6.07) is 0. The molecule has 0 aromatic carbocycles. The van der Waals surface area contributed by atoms with Crippen LogP contribution in [0.1, 0.15) is 73.6 Å². The average molecular weight is 326 g/mol. The van der Waals surface area contributed by atoms with Gasteiger partial charge >= 0.3 is 0 Å². The van der Waals surface area contributed by atoms with E-state index in [2.05, 4.69) is 41.5 Å². The molecule has 2 nitrogen and oxygen atoms in total. The van der Waals surface area contributed by atoms with E-state index in [1.807, 2.05) is 7.11 Å². The quantitative estimate of drug-likeness (QED) is 0.619. The summed E-state index contributed by atoms with van der Waals surface area (Å²) in [5, 5.41) is 0. The summed E-state index contributed by atoms with van der Waals surface area (Å²) in [4.78, 5) is 0. The number of methoxy groups -OCH3 is 1. The van der Waals surface area contributed by atoms with Gasteiger partial charge in [-0.05, 0) is 80.1 Å². The molecule has 1 saturated carbocycles. The predicted octanol–water partition coefficient (Wildman–Crippen LogP) is 5.36. The zero-order valence-electron chi connectivity index (χ0n) is 16.8. The van der Waals surface area contributed by atoms with Gasteiger partial charge in [-0.1, -0.05) is 41.5 Å². The van der Waals surface area contributed by atoms with E-state index >= 15 is 0 Å². The zero-order valence-corrected chi connectivity index (χ0v) is 16.8. The minimum atomic E-state index is 0.455. The van der Waals surface area contributed by atoms with E-state index < -0.39 is 0 Å². The lowest BCUT2D eigenvalue weighted by molar-refractivity contribution is -0.0699.